The maximum absolute atomic E-state index is 11.9. The van der Waals surface area contributed by atoms with Gasteiger partial charge in [-0.25, -0.2) is 0 Å². The number of hydrogen-bond acceptors (Lipinski definition) is 4. The largest absolute Gasteiger partial charge is 0.328 e. The molecule has 0 aliphatic rings. The Morgan fingerprint density at radius 2 is 1.65 bits per heavy atom. The minimum absolute atomic E-state index is 0.135. The van der Waals surface area contributed by atoms with Gasteiger partial charge in [-0.15, -0.1) is 11.8 Å². The predicted octanol–water partition coefficient (Wildman–Crippen LogP) is 4.16. The molecule has 0 aromatic heterocycles. The van der Waals surface area contributed by atoms with Crippen molar-refractivity contribution in [3.63, 3.8) is 0 Å². The van der Waals surface area contributed by atoms with E-state index in [4.69, 9.17) is 0 Å². The van der Waals surface area contributed by atoms with E-state index in [0.717, 1.165) is 17.3 Å². The fourth-order valence-corrected chi connectivity index (χ4v) is 16.9. The van der Waals surface area contributed by atoms with Crippen molar-refractivity contribution < 1.29 is 19.5 Å². The molecule has 0 saturated heterocycles. The van der Waals surface area contributed by atoms with Gasteiger partial charge in [0.15, 0.2) is 5.12 Å². The molecule has 4 nitrogen and oxygen atoms in total. The second-order valence-corrected chi connectivity index (χ2v) is 17.2. The lowest BCUT2D eigenvalue weighted by Crippen LogP contribution is -2.27. The molecule has 0 spiro atoms. The van der Waals surface area contributed by atoms with Crippen molar-refractivity contribution in [3.05, 3.63) is 35.9 Å². The van der Waals surface area contributed by atoms with Gasteiger partial charge in [0.1, 0.15) is 3.41 Å². The van der Waals surface area contributed by atoms with E-state index in [2.05, 4.69) is 0 Å². The fourth-order valence-electron chi connectivity index (χ4n) is 1.76. The first-order valence-corrected chi connectivity index (χ1v) is 13.6. The molecule has 1 aromatic carbocycles. The summed E-state index contributed by atoms with van der Waals surface area (Å²) in [5.74, 6) is 0. The molecule has 0 saturated carbocycles. The minimum Gasteiger partial charge on any atom is -0.328 e. The van der Waals surface area contributed by atoms with Crippen molar-refractivity contribution in [2.24, 2.45) is 0 Å². The van der Waals surface area contributed by atoms with Gasteiger partial charge < -0.3 is 14.7 Å². The Balaban J connectivity index is 3.69. The maximum Gasteiger partial charge on any atom is 0.289 e. The molecular weight excluding hydrogens is 391 g/mol. The highest BCUT2D eigenvalue weighted by Crippen LogP contribution is 2.62. The third-order valence-electron chi connectivity index (χ3n) is 2.46. The van der Waals surface area contributed by atoms with E-state index < -0.39 is 19.2 Å². The Bertz CT molecular complexity index is 601. The fraction of sp³-hybridized carbons (Fsp3) is 0.500. The van der Waals surface area contributed by atoms with Crippen LogP contribution in [0.4, 0.5) is 0 Å². The van der Waals surface area contributed by atoms with Crippen LogP contribution in [0.2, 0.25) is 0 Å². The van der Waals surface area contributed by atoms with E-state index in [1.54, 1.807) is 0 Å². The summed E-state index contributed by atoms with van der Waals surface area (Å²) < 4.78 is -1.27. The molecule has 1 aromatic rings. The highest BCUT2D eigenvalue weighted by molar-refractivity contribution is 8.85. The van der Waals surface area contributed by atoms with Crippen LogP contribution in [-0.4, -0.2) is 30.8 Å². The first-order valence-electron chi connectivity index (χ1n) is 6.74. The summed E-state index contributed by atoms with van der Waals surface area (Å²) >= 11 is 2.40. The average molecular weight is 415 g/mol. The lowest BCUT2D eigenvalue weighted by atomic mass is 10.2. The maximum atomic E-state index is 11.9. The molecule has 0 aliphatic heterocycles. The number of carbonyl (C=O) groups excluding carboxylic acids is 1. The normalized spacial score (nSPS) is 16.7. The zero-order valence-corrected chi connectivity index (χ0v) is 17.9. The van der Waals surface area contributed by atoms with E-state index in [-0.39, 0.29) is 9.86 Å². The lowest BCUT2D eigenvalue weighted by molar-refractivity contribution is -0.109. The molecule has 2 unspecified atom stereocenters. The summed E-state index contributed by atoms with van der Waals surface area (Å²) in [5.41, 5.74) is 0.786. The molecular formula is C14H23O4PS4. The van der Waals surface area contributed by atoms with Crippen LogP contribution in [0.3, 0.4) is 0 Å². The van der Waals surface area contributed by atoms with E-state index in [0.29, 0.717) is 0 Å². The Kier molecular flexibility index (Phi) is 7.83. The van der Waals surface area contributed by atoms with E-state index in [9.17, 15) is 19.5 Å². The standard InChI is InChI=1S/C14H23O4PS4/c1-11(15)21-14(20-5,12-9-7-6-8-10-12)23(19(16,17)18)22-13(2,3)4/h6-10,16-18H,1-5H3. The minimum atomic E-state index is -4.19. The molecule has 3 N–H and O–H groups in total. The Morgan fingerprint density at radius 1 is 1.13 bits per heavy atom. The predicted molar refractivity (Wildman–Crippen MR) is 108 cm³/mol. The van der Waals surface area contributed by atoms with Crippen LogP contribution in [0, 0.1) is 0 Å². The van der Waals surface area contributed by atoms with Crippen LogP contribution in [0.1, 0.15) is 33.3 Å². The summed E-state index contributed by atoms with van der Waals surface area (Å²) in [4.78, 5) is 42.4. The lowest BCUT2D eigenvalue weighted by Gasteiger charge is -2.37. The van der Waals surface area contributed by atoms with Crippen molar-refractivity contribution in [2.45, 2.75) is 35.9 Å². The average Bonchev–Trinajstić information content (AvgIpc) is 2.41. The first-order chi connectivity index (χ1) is 10.4. The van der Waals surface area contributed by atoms with Crippen molar-refractivity contribution in [2.75, 3.05) is 6.26 Å². The van der Waals surface area contributed by atoms with Crippen LogP contribution in [0.5, 0.6) is 0 Å². The van der Waals surface area contributed by atoms with Gasteiger partial charge in [-0.3, -0.25) is 4.79 Å². The third-order valence-corrected chi connectivity index (χ3v) is 17.0. The quantitative estimate of drug-likeness (QED) is 0.379. The molecule has 23 heavy (non-hydrogen) atoms. The van der Waals surface area contributed by atoms with Gasteiger partial charge in [0, 0.05) is 11.7 Å². The molecule has 0 amide bonds. The molecule has 0 radical (unpaired) electrons. The van der Waals surface area contributed by atoms with Crippen LogP contribution in [0.25, 0.3) is 0 Å². The molecule has 0 heterocycles. The Labute approximate surface area is 152 Å². The summed E-state index contributed by atoms with van der Waals surface area (Å²) in [6.45, 7) is 3.11. The van der Waals surface area contributed by atoms with Crippen LogP contribution in [-0.2, 0) is 17.3 Å². The van der Waals surface area contributed by atoms with E-state index in [1.807, 2.05) is 57.4 Å². The van der Waals surface area contributed by atoms with Crippen LogP contribution < -0.4 is 0 Å². The molecule has 2 atom stereocenters. The third kappa shape index (κ3) is 6.12. The van der Waals surface area contributed by atoms with Gasteiger partial charge >= 0.3 is 0 Å². The Hall–Kier alpha value is 0.600. The molecule has 1 rings (SSSR count). The van der Waals surface area contributed by atoms with Gasteiger partial charge in [-0.2, -0.15) is 0 Å². The van der Waals surface area contributed by atoms with Crippen molar-refractivity contribution >= 4 is 55.3 Å². The summed E-state index contributed by atoms with van der Waals surface area (Å²) in [7, 11) is 0.0307. The Morgan fingerprint density at radius 3 is 2.00 bits per heavy atom. The molecule has 0 bridgehead atoms. The summed E-state index contributed by atoms with van der Waals surface area (Å²) in [6, 6.07) is 9.25. The van der Waals surface area contributed by atoms with Gasteiger partial charge in [0.25, 0.3) is 6.72 Å². The number of thioether (sulfide) groups is 2. The highest BCUT2D eigenvalue weighted by atomic mass is 33.2. The SMILES string of the molecule is CSC(SC(C)=O)(c1ccccc1)S(SC(C)(C)C)=P(O)(O)O. The van der Waals surface area contributed by atoms with Crippen molar-refractivity contribution in [1.82, 2.24) is 0 Å². The van der Waals surface area contributed by atoms with Gasteiger partial charge in [0.2, 0.25) is 0 Å². The van der Waals surface area contributed by atoms with Crippen molar-refractivity contribution in [3.8, 4) is 0 Å². The topological polar surface area (TPSA) is 77.8 Å². The number of benzene rings is 1. The molecule has 0 aliphatic carbocycles. The van der Waals surface area contributed by atoms with Gasteiger partial charge in [-0.05, 0) is 20.9 Å². The van der Waals surface area contributed by atoms with Crippen LogP contribution in [0.15, 0.2) is 30.3 Å². The zero-order valence-electron chi connectivity index (χ0n) is 13.7. The number of hydrogen-bond donors (Lipinski definition) is 3. The van der Waals surface area contributed by atoms with Crippen molar-refractivity contribution in [1.29, 1.82) is 0 Å². The second kappa shape index (κ2) is 8.32. The smallest absolute Gasteiger partial charge is 0.289 e. The second-order valence-electron chi connectivity index (χ2n) is 5.68. The van der Waals surface area contributed by atoms with Crippen LogP contribution >= 0.6 is 41.0 Å². The van der Waals surface area contributed by atoms with E-state index in [1.165, 1.54) is 29.5 Å². The zero-order chi connectivity index (χ0) is 17.9. The molecule has 132 valence electrons. The monoisotopic (exact) mass is 414 g/mol. The highest BCUT2D eigenvalue weighted by Gasteiger charge is 2.44. The number of rotatable bonds is 5. The first kappa shape index (κ1) is 21.6. The van der Waals surface area contributed by atoms with E-state index >= 15 is 0 Å². The summed E-state index contributed by atoms with van der Waals surface area (Å²) in [5, 5.41) is -0.135. The number of carbonyl (C=O) groups is 1. The molecule has 0 fully saturated rings. The van der Waals surface area contributed by atoms with Gasteiger partial charge in [0.05, 0.1) is 0 Å². The molecule has 9 heteroatoms. The van der Waals surface area contributed by atoms with Gasteiger partial charge in [-0.1, -0.05) is 73.7 Å². The summed E-state index contributed by atoms with van der Waals surface area (Å²) in [6.07, 6.45) is 1.82.